The fraction of sp³-hybridized carbons (Fsp3) is 0.667. The zero-order valence-electron chi connectivity index (χ0n) is 5.33. The fourth-order valence-corrected chi connectivity index (χ4v) is 0.674. The van der Waals surface area contributed by atoms with E-state index in [1.54, 1.807) is 0 Å². The molecule has 1 rings (SSSR count). The first-order chi connectivity index (χ1) is 3.80. The van der Waals surface area contributed by atoms with Gasteiger partial charge in [0.05, 0.1) is 6.04 Å². The summed E-state index contributed by atoms with van der Waals surface area (Å²) < 4.78 is 2.11. The third-order valence-corrected chi connectivity index (χ3v) is 1.21. The summed E-state index contributed by atoms with van der Waals surface area (Å²) in [6.45, 7) is 5.15. The SMILES string of the molecule is CC(C)[N+]1=CCN=C1. The summed E-state index contributed by atoms with van der Waals surface area (Å²) >= 11 is 0. The number of rotatable bonds is 1. The molecule has 0 aliphatic carbocycles. The average molecular weight is 111 g/mol. The Morgan fingerprint density at radius 3 is 2.62 bits per heavy atom. The third-order valence-electron chi connectivity index (χ3n) is 1.21. The van der Waals surface area contributed by atoms with E-state index in [9.17, 15) is 0 Å². The van der Waals surface area contributed by atoms with E-state index in [4.69, 9.17) is 0 Å². The number of hydrogen-bond acceptors (Lipinski definition) is 1. The Bertz CT molecular complexity index is 133. The molecule has 0 aromatic carbocycles. The molecule has 0 spiro atoms. The van der Waals surface area contributed by atoms with Crippen molar-refractivity contribution in [3.05, 3.63) is 0 Å². The first-order valence-electron chi connectivity index (χ1n) is 2.91. The predicted molar refractivity (Wildman–Crippen MR) is 34.8 cm³/mol. The maximum absolute atomic E-state index is 4.03. The Morgan fingerprint density at radius 2 is 2.38 bits per heavy atom. The monoisotopic (exact) mass is 111 g/mol. The van der Waals surface area contributed by atoms with Crippen LogP contribution in [0.5, 0.6) is 0 Å². The van der Waals surface area contributed by atoms with Crippen molar-refractivity contribution in [3.8, 4) is 0 Å². The molecular weight excluding hydrogens is 100 g/mol. The third kappa shape index (κ3) is 0.941. The van der Waals surface area contributed by atoms with E-state index in [1.165, 1.54) is 0 Å². The smallest absolute Gasteiger partial charge is 0.235 e. The summed E-state index contributed by atoms with van der Waals surface area (Å²) in [5.74, 6) is 0. The quantitative estimate of drug-likeness (QED) is 0.438. The van der Waals surface area contributed by atoms with Gasteiger partial charge in [0.1, 0.15) is 6.21 Å². The maximum atomic E-state index is 4.03. The topological polar surface area (TPSA) is 15.4 Å². The van der Waals surface area contributed by atoms with Crippen molar-refractivity contribution in [2.45, 2.75) is 19.9 Å². The molecule has 1 heterocycles. The molecular formula is C6H11N2+. The van der Waals surface area contributed by atoms with Crippen LogP contribution in [-0.4, -0.2) is 29.7 Å². The molecule has 0 fully saturated rings. The van der Waals surface area contributed by atoms with Crippen LogP contribution < -0.4 is 0 Å². The Labute approximate surface area is 49.6 Å². The van der Waals surface area contributed by atoms with Gasteiger partial charge in [-0.05, 0) is 13.8 Å². The van der Waals surface area contributed by atoms with Gasteiger partial charge in [-0.2, -0.15) is 0 Å². The molecule has 44 valence electrons. The second-order valence-corrected chi connectivity index (χ2v) is 2.20. The molecule has 1 aliphatic heterocycles. The minimum atomic E-state index is 0.571. The van der Waals surface area contributed by atoms with Gasteiger partial charge < -0.3 is 0 Å². The van der Waals surface area contributed by atoms with Crippen molar-refractivity contribution in [1.29, 1.82) is 0 Å². The standard InChI is InChI=1S/C6H11N2/c1-6(2)8-4-3-7-5-8/h4-6H,3H2,1-2H3/q+1. The molecule has 1 aliphatic rings. The normalized spacial score (nSPS) is 17.6. The van der Waals surface area contributed by atoms with E-state index in [1.807, 2.05) is 6.34 Å². The summed E-state index contributed by atoms with van der Waals surface area (Å²) in [6.07, 6.45) is 3.97. The molecule has 0 atom stereocenters. The Kier molecular flexibility index (Phi) is 1.42. The summed E-state index contributed by atoms with van der Waals surface area (Å²) in [6, 6.07) is 0.571. The summed E-state index contributed by atoms with van der Waals surface area (Å²) in [4.78, 5) is 4.03. The number of nitrogens with zero attached hydrogens (tertiary/aromatic N) is 2. The largest absolute Gasteiger partial charge is 0.280 e. The van der Waals surface area contributed by atoms with Crippen LogP contribution in [-0.2, 0) is 0 Å². The second kappa shape index (κ2) is 2.07. The van der Waals surface area contributed by atoms with Crippen molar-refractivity contribution in [3.63, 3.8) is 0 Å². The van der Waals surface area contributed by atoms with Crippen molar-refractivity contribution in [1.82, 2.24) is 0 Å². The molecule has 2 heteroatoms. The molecule has 0 radical (unpaired) electrons. The van der Waals surface area contributed by atoms with Gasteiger partial charge in [-0.25, -0.2) is 4.58 Å². The average Bonchev–Trinajstić information content (AvgIpc) is 2.12. The van der Waals surface area contributed by atoms with Crippen LogP contribution in [0.3, 0.4) is 0 Å². The second-order valence-electron chi connectivity index (χ2n) is 2.20. The highest BCUT2D eigenvalue weighted by Gasteiger charge is 2.07. The Hall–Kier alpha value is -0.660. The molecule has 0 aromatic heterocycles. The highest BCUT2D eigenvalue weighted by Crippen LogP contribution is 1.87. The van der Waals surface area contributed by atoms with Gasteiger partial charge in [0.15, 0.2) is 6.54 Å². The van der Waals surface area contributed by atoms with E-state index >= 15 is 0 Å². The van der Waals surface area contributed by atoms with Crippen molar-refractivity contribution < 1.29 is 4.58 Å². The van der Waals surface area contributed by atoms with E-state index in [-0.39, 0.29) is 0 Å². The van der Waals surface area contributed by atoms with Gasteiger partial charge in [-0.1, -0.05) is 4.99 Å². The lowest BCUT2D eigenvalue weighted by atomic mass is 10.4. The molecule has 0 unspecified atom stereocenters. The molecule has 8 heavy (non-hydrogen) atoms. The lowest BCUT2D eigenvalue weighted by Gasteiger charge is -1.97. The van der Waals surface area contributed by atoms with Gasteiger partial charge in [0.2, 0.25) is 0 Å². The number of hydrogen-bond donors (Lipinski definition) is 0. The van der Waals surface area contributed by atoms with E-state index in [0.29, 0.717) is 6.04 Å². The van der Waals surface area contributed by atoms with Crippen LogP contribution in [0.25, 0.3) is 0 Å². The summed E-state index contributed by atoms with van der Waals surface area (Å²) in [5, 5.41) is 0. The van der Waals surface area contributed by atoms with Gasteiger partial charge in [-0.3, -0.25) is 0 Å². The van der Waals surface area contributed by atoms with Gasteiger partial charge in [0.25, 0.3) is 6.34 Å². The zero-order valence-corrected chi connectivity index (χ0v) is 5.33. The van der Waals surface area contributed by atoms with Crippen LogP contribution in [0, 0.1) is 0 Å². The van der Waals surface area contributed by atoms with E-state index < -0.39 is 0 Å². The van der Waals surface area contributed by atoms with Crippen molar-refractivity contribution in [2.24, 2.45) is 4.99 Å². The number of aliphatic imine (C=N–C) groups is 1. The van der Waals surface area contributed by atoms with E-state index in [2.05, 4.69) is 29.6 Å². The van der Waals surface area contributed by atoms with Crippen LogP contribution >= 0.6 is 0 Å². The zero-order chi connectivity index (χ0) is 5.98. The lowest BCUT2D eigenvalue weighted by molar-refractivity contribution is -0.427. The molecule has 0 N–H and O–H groups in total. The van der Waals surface area contributed by atoms with Crippen LogP contribution in [0.15, 0.2) is 4.99 Å². The van der Waals surface area contributed by atoms with Gasteiger partial charge >= 0.3 is 0 Å². The van der Waals surface area contributed by atoms with Crippen LogP contribution in [0.1, 0.15) is 13.8 Å². The molecule has 0 amide bonds. The van der Waals surface area contributed by atoms with Gasteiger partial charge in [0, 0.05) is 0 Å². The van der Waals surface area contributed by atoms with Crippen molar-refractivity contribution in [2.75, 3.05) is 6.54 Å². The lowest BCUT2D eigenvalue weighted by Crippen LogP contribution is -2.16. The highest BCUT2D eigenvalue weighted by atomic mass is 15.1. The maximum Gasteiger partial charge on any atom is 0.280 e. The summed E-state index contributed by atoms with van der Waals surface area (Å²) in [5.41, 5.74) is 0. The minimum Gasteiger partial charge on any atom is -0.235 e. The molecule has 0 bridgehead atoms. The predicted octanol–water partition coefficient (Wildman–Crippen LogP) is 0.520. The first kappa shape index (κ1) is 5.48. The fourth-order valence-electron chi connectivity index (χ4n) is 0.674. The van der Waals surface area contributed by atoms with Crippen LogP contribution in [0.2, 0.25) is 0 Å². The Morgan fingerprint density at radius 1 is 1.62 bits per heavy atom. The molecule has 0 aromatic rings. The first-order valence-corrected chi connectivity index (χ1v) is 2.91. The van der Waals surface area contributed by atoms with E-state index in [0.717, 1.165) is 6.54 Å². The van der Waals surface area contributed by atoms with Crippen LogP contribution in [0.4, 0.5) is 0 Å². The highest BCUT2D eigenvalue weighted by molar-refractivity contribution is 5.67. The Balaban J connectivity index is 2.58. The summed E-state index contributed by atoms with van der Waals surface area (Å²) in [7, 11) is 0. The molecule has 0 saturated heterocycles. The van der Waals surface area contributed by atoms with Gasteiger partial charge in [-0.15, -0.1) is 0 Å². The molecule has 0 saturated carbocycles. The van der Waals surface area contributed by atoms with Crippen molar-refractivity contribution >= 4 is 12.6 Å². The minimum absolute atomic E-state index is 0.571. The molecule has 2 nitrogen and oxygen atoms in total.